The van der Waals surface area contributed by atoms with E-state index in [0.29, 0.717) is 10.6 Å². The van der Waals surface area contributed by atoms with Crippen molar-refractivity contribution in [1.82, 2.24) is 0 Å². The molecule has 2 aromatic rings. The molecule has 0 spiro atoms. The van der Waals surface area contributed by atoms with E-state index < -0.39 is 12.0 Å². The monoisotopic (exact) mass is 275 g/mol. The van der Waals surface area contributed by atoms with Crippen molar-refractivity contribution < 1.29 is 9.90 Å². The summed E-state index contributed by atoms with van der Waals surface area (Å²) in [5, 5.41) is 12.9. The zero-order valence-electron chi connectivity index (χ0n) is 10.4. The van der Waals surface area contributed by atoms with E-state index in [2.05, 4.69) is 5.32 Å². The molecule has 0 aliphatic rings. The summed E-state index contributed by atoms with van der Waals surface area (Å²) in [7, 11) is 0. The van der Waals surface area contributed by atoms with Crippen molar-refractivity contribution in [3.8, 4) is 0 Å². The Balaban J connectivity index is 2.30. The van der Waals surface area contributed by atoms with E-state index in [-0.39, 0.29) is 0 Å². The number of aryl methyl sites for hydroxylation is 1. The number of aliphatic carboxylic acids is 1. The van der Waals surface area contributed by atoms with E-state index in [0.717, 1.165) is 11.3 Å². The fourth-order valence-electron chi connectivity index (χ4n) is 1.78. The lowest BCUT2D eigenvalue weighted by Gasteiger charge is -2.16. The van der Waals surface area contributed by atoms with Gasteiger partial charge >= 0.3 is 5.97 Å². The van der Waals surface area contributed by atoms with Crippen molar-refractivity contribution in [3.63, 3.8) is 0 Å². The molecule has 2 N–H and O–H groups in total. The molecule has 3 nitrogen and oxygen atoms in total. The Hall–Kier alpha value is -2.00. The Kier molecular flexibility index (Phi) is 4.07. The Morgan fingerprint density at radius 3 is 2.47 bits per heavy atom. The van der Waals surface area contributed by atoms with E-state index in [9.17, 15) is 9.90 Å². The molecule has 0 aromatic heterocycles. The van der Waals surface area contributed by atoms with Gasteiger partial charge in [-0.2, -0.15) is 0 Å². The van der Waals surface area contributed by atoms with E-state index in [1.54, 1.807) is 12.1 Å². The Morgan fingerprint density at radius 2 is 1.89 bits per heavy atom. The van der Waals surface area contributed by atoms with Crippen LogP contribution < -0.4 is 5.32 Å². The third-order valence-electron chi connectivity index (χ3n) is 2.86. The van der Waals surface area contributed by atoms with Crippen molar-refractivity contribution >= 4 is 23.3 Å². The zero-order valence-corrected chi connectivity index (χ0v) is 11.2. The first kappa shape index (κ1) is 13.4. The molecule has 2 aromatic carbocycles. The fraction of sp³-hybridized carbons (Fsp3) is 0.133. The highest BCUT2D eigenvalue weighted by molar-refractivity contribution is 6.31. The summed E-state index contributed by atoms with van der Waals surface area (Å²) in [6, 6.07) is 13.7. The molecule has 1 atom stereocenters. The summed E-state index contributed by atoms with van der Waals surface area (Å²) >= 11 is 6.04. The fourth-order valence-corrected chi connectivity index (χ4v) is 1.97. The van der Waals surface area contributed by atoms with Gasteiger partial charge < -0.3 is 10.4 Å². The van der Waals surface area contributed by atoms with Gasteiger partial charge in [0.25, 0.3) is 0 Å². The molecule has 19 heavy (non-hydrogen) atoms. The molecule has 0 aliphatic heterocycles. The topological polar surface area (TPSA) is 49.3 Å². The number of carbonyl (C=O) groups is 1. The van der Waals surface area contributed by atoms with Crippen LogP contribution in [0.1, 0.15) is 17.2 Å². The first-order valence-electron chi connectivity index (χ1n) is 5.88. The lowest BCUT2D eigenvalue weighted by molar-refractivity contribution is -0.138. The molecule has 0 heterocycles. The van der Waals surface area contributed by atoms with Crippen LogP contribution in [-0.4, -0.2) is 11.1 Å². The minimum absolute atomic E-state index is 0.568. The molecule has 0 saturated carbocycles. The number of nitrogens with one attached hydrogen (secondary N) is 1. The van der Waals surface area contributed by atoms with Crippen LogP contribution in [0.2, 0.25) is 5.02 Å². The van der Waals surface area contributed by atoms with Crippen molar-refractivity contribution in [1.29, 1.82) is 0 Å². The minimum Gasteiger partial charge on any atom is -0.479 e. The number of carboxylic acids is 1. The summed E-state index contributed by atoms with van der Waals surface area (Å²) in [6.07, 6.45) is 0. The molecule has 0 aliphatic carbocycles. The summed E-state index contributed by atoms with van der Waals surface area (Å²) in [6.45, 7) is 1.88. The van der Waals surface area contributed by atoms with Gasteiger partial charge in [0.2, 0.25) is 0 Å². The number of hydrogen-bond acceptors (Lipinski definition) is 2. The van der Waals surface area contributed by atoms with Gasteiger partial charge in [-0.05, 0) is 36.2 Å². The van der Waals surface area contributed by atoms with Crippen LogP contribution in [0.5, 0.6) is 0 Å². The van der Waals surface area contributed by atoms with E-state index >= 15 is 0 Å². The Labute approximate surface area is 116 Å². The van der Waals surface area contributed by atoms with Gasteiger partial charge in [0.1, 0.15) is 0 Å². The molecule has 0 saturated heterocycles. The second-order valence-corrected chi connectivity index (χ2v) is 4.70. The van der Waals surface area contributed by atoms with Crippen LogP contribution in [0, 0.1) is 6.92 Å². The van der Waals surface area contributed by atoms with Gasteiger partial charge in [-0.1, -0.05) is 41.9 Å². The van der Waals surface area contributed by atoms with Crippen LogP contribution in [0.3, 0.4) is 0 Å². The van der Waals surface area contributed by atoms with E-state index in [1.165, 1.54) is 0 Å². The smallest absolute Gasteiger partial charge is 0.330 e. The van der Waals surface area contributed by atoms with Crippen molar-refractivity contribution in [2.45, 2.75) is 13.0 Å². The number of anilines is 1. The predicted octanol–water partition coefficient (Wildman–Crippen LogP) is 3.89. The Bertz CT molecular complexity index is 584. The number of benzene rings is 2. The van der Waals surface area contributed by atoms with Gasteiger partial charge in [-0.25, -0.2) is 4.79 Å². The molecule has 0 fully saturated rings. The second-order valence-electron chi connectivity index (χ2n) is 4.29. The van der Waals surface area contributed by atoms with Crippen LogP contribution in [0.25, 0.3) is 0 Å². The lowest BCUT2D eigenvalue weighted by Crippen LogP contribution is -2.20. The van der Waals surface area contributed by atoms with Gasteiger partial charge in [-0.3, -0.25) is 0 Å². The van der Waals surface area contributed by atoms with Crippen LogP contribution in [0.4, 0.5) is 5.69 Å². The predicted molar refractivity (Wildman–Crippen MR) is 76.6 cm³/mol. The standard InChI is InChI=1S/C15H14ClNO2/c1-10-7-8-11(9-13(10)16)14(15(18)19)17-12-5-3-2-4-6-12/h2-9,14,17H,1H3,(H,18,19). The number of halogens is 1. The molecule has 0 radical (unpaired) electrons. The summed E-state index contributed by atoms with van der Waals surface area (Å²) in [5.74, 6) is -0.941. The maximum atomic E-state index is 11.4. The quantitative estimate of drug-likeness (QED) is 0.890. The first-order chi connectivity index (χ1) is 9.08. The van der Waals surface area contributed by atoms with Crippen LogP contribution >= 0.6 is 11.6 Å². The molecule has 4 heteroatoms. The highest BCUT2D eigenvalue weighted by Gasteiger charge is 2.20. The normalized spacial score (nSPS) is 11.9. The minimum atomic E-state index is -0.941. The molecule has 98 valence electrons. The van der Waals surface area contributed by atoms with Gasteiger partial charge in [0, 0.05) is 10.7 Å². The third kappa shape index (κ3) is 3.26. The highest BCUT2D eigenvalue weighted by atomic mass is 35.5. The molecule has 2 rings (SSSR count). The molecule has 0 amide bonds. The first-order valence-corrected chi connectivity index (χ1v) is 6.26. The van der Waals surface area contributed by atoms with Crippen molar-refractivity contribution in [2.24, 2.45) is 0 Å². The highest BCUT2D eigenvalue weighted by Crippen LogP contribution is 2.24. The number of carboxylic acid groups (broad SMARTS) is 1. The van der Waals surface area contributed by atoms with Gasteiger partial charge in [-0.15, -0.1) is 0 Å². The lowest BCUT2D eigenvalue weighted by atomic mass is 10.0. The van der Waals surface area contributed by atoms with Crippen molar-refractivity contribution in [2.75, 3.05) is 5.32 Å². The molecule has 0 bridgehead atoms. The molecular formula is C15H14ClNO2. The maximum absolute atomic E-state index is 11.4. The van der Waals surface area contributed by atoms with Crippen LogP contribution in [0.15, 0.2) is 48.5 Å². The number of rotatable bonds is 4. The van der Waals surface area contributed by atoms with Crippen molar-refractivity contribution in [3.05, 3.63) is 64.7 Å². The SMILES string of the molecule is Cc1ccc(C(Nc2ccccc2)C(=O)O)cc1Cl. The zero-order chi connectivity index (χ0) is 13.8. The van der Waals surface area contributed by atoms with E-state index in [1.807, 2.05) is 43.3 Å². The third-order valence-corrected chi connectivity index (χ3v) is 3.27. The molecule has 1 unspecified atom stereocenters. The average molecular weight is 276 g/mol. The maximum Gasteiger partial charge on any atom is 0.330 e. The second kappa shape index (κ2) is 5.76. The Morgan fingerprint density at radius 1 is 1.21 bits per heavy atom. The average Bonchev–Trinajstić information content (AvgIpc) is 2.40. The largest absolute Gasteiger partial charge is 0.479 e. The molecular weight excluding hydrogens is 262 g/mol. The number of hydrogen-bond donors (Lipinski definition) is 2. The summed E-state index contributed by atoms with van der Waals surface area (Å²) < 4.78 is 0. The summed E-state index contributed by atoms with van der Waals surface area (Å²) in [4.78, 5) is 11.4. The summed E-state index contributed by atoms with van der Waals surface area (Å²) in [5.41, 5.74) is 2.31. The van der Waals surface area contributed by atoms with Crippen LogP contribution in [-0.2, 0) is 4.79 Å². The number of para-hydroxylation sites is 1. The van der Waals surface area contributed by atoms with E-state index in [4.69, 9.17) is 11.6 Å². The van der Waals surface area contributed by atoms with Gasteiger partial charge in [0.05, 0.1) is 0 Å². The van der Waals surface area contributed by atoms with Gasteiger partial charge in [0.15, 0.2) is 6.04 Å².